The molecule has 0 amide bonds. The molecule has 1 aliphatic carbocycles. The molecular weight excluding hydrogens is 238 g/mol. The van der Waals surface area contributed by atoms with Gasteiger partial charge >= 0.3 is 0 Å². The van der Waals surface area contributed by atoms with Gasteiger partial charge in [0.1, 0.15) is 5.78 Å². The summed E-state index contributed by atoms with van der Waals surface area (Å²) in [5.41, 5.74) is 6.93. The van der Waals surface area contributed by atoms with Crippen LogP contribution in [-0.2, 0) is 11.2 Å². The minimum absolute atomic E-state index is 0.221. The Morgan fingerprint density at radius 1 is 1.42 bits per heavy atom. The number of aromatic nitrogens is 2. The summed E-state index contributed by atoms with van der Waals surface area (Å²) in [6, 6.07) is 2.27. The van der Waals surface area contributed by atoms with Crippen LogP contribution in [0, 0.1) is 0 Å². The van der Waals surface area contributed by atoms with Gasteiger partial charge in [-0.3, -0.25) is 9.48 Å². The van der Waals surface area contributed by atoms with Crippen LogP contribution in [0.3, 0.4) is 0 Å². The number of ketones is 1. The second-order valence-electron chi connectivity index (χ2n) is 6.20. The summed E-state index contributed by atoms with van der Waals surface area (Å²) in [4.78, 5) is 12.1. The lowest BCUT2D eigenvalue weighted by molar-refractivity contribution is -0.119. The molecule has 0 unspecified atom stereocenters. The fourth-order valence-corrected chi connectivity index (χ4v) is 2.85. The largest absolute Gasteiger partial charge is 0.325 e. The van der Waals surface area contributed by atoms with Gasteiger partial charge < -0.3 is 5.73 Å². The van der Waals surface area contributed by atoms with Gasteiger partial charge in [0, 0.05) is 24.2 Å². The molecule has 0 saturated heterocycles. The molecule has 1 aromatic rings. The maximum Gasteiger partial charge on any atom is 0.140 e. The van der Waals surface area contributed by atoms with E-state index in [1.54, 1.807) is 0 Å². The molecule has 4 nitrogen and oxygen atoms in total. The first-order valence-corrected chi connectivity index (χ1v) is 7.33. The van der Waals surface area contributed by atoms with E-state index >= 15 is 0 Å². The molecule has 0 spiro atoms. The zero-order valence-electron chi connectivity index (χ0n) is 12.1. The lowest BCUT2D eigenvalue weighted by Gasteiger charge is -2.32. The van der Waals surface area contributed by atoms with Crippen molar-refractivity contribution < 1.29 is 4.79 Å². The Hall–Kier alpha value is -1.16. The van der Waals surface area contributed by atoms with Crippen LogP contribution in [-0.4, -0.2) is 21.1 Å². The van der Waals surface area contributed by atoms with Gasteiger partial charge in [-0.15, -0.1) is 0 Å². The fraction of sp³-hybridized carbons (Fsp3) is 0.733. The van der Waals surface area contributed by atoms with Crippen molar-refractivity contribution in [1.82, 2.24) is 9.78 Å². The number of carbonyl (C=O) groups excluding carboxylic acids is 1. The van der Waals surface area contributed by atoms with E-state index in [-0.39, 0.29) is 11.3 Å². The van der Waals surface area contributed by atoms with Crippen LogP contribution in [0.4, 0.5) is 0 Å². The Labute approximate surface area is 115 Å². The molecular formula is C15H25N3O. The minimum atomic E-state index is -0.254. The standard InChI is InChI=1S/C15H25N3O/c1-12(2)18-9-6-13(17-18)10-14(19)11-15(16)7-4-3-5-8-15/h6,9,12H,3-5,7-8,10-11,16H2,1-2H3. The molecule has 19 heavy (non-hydrogen) atoms. The van der Waals surface area contributed by atoms with Crippen molar-refractivity contribution >= 4 is 5.78 Å². The van der Waals surface area contributed by atoms with Gasteiger partial charge in [0.25, 0.3) is 0 Å². The molecule has 1 heterocycles. The molecule has 1 aromatic heterocycles. The average molecular weight is 263 g/mol. The molecule has 2 rings (SSSR count). The highest BCUT2D eigenvalue weighted by molar-refractivity contribution is 5.81. The summed E-state index contributed by atoms with van der Waals surface area (Å²) in [6.07, 6.45) is 8.40. The molecule has 1 fully saturated rings. The maximum absolute atomic E-state index is 12.1. The Morgan fingerprint density at radius 2 is 2.11 bits per heavy atom. The molecule has 106 valence electrons. The third-order valence-corrected chi connectivity index (χ3v) is 3.97. The van der Waals surface area contributed by atoms with Crippen molar-refractivity contribution in [3.8, 4) is 0 Å². The van der Waals surface area contributed by atoms with Gasteiger partial charge in [0.05, 0.1) is 12.1 Å². The van der Waals surface area contributed by atoms with Crippen LogP contribution in [0.25, 0.3) is 0 Å². The maximum atomic E-state index is 12.1. The van der Waals surface area contributed by atoms with E-state index in [1.165, 1.54) is 6.42 Å². The second kappa shape index (κ2) is 5.87. The Bertz CT molecular complexity index is 430. The minimum Gasteiger partial charge on any atom is -0.325 e. The van der Waals surface area contributed by atoms with Crippen molar-refractivity contribution in [1.29, 1.82) is 0 Å². The first-order chi connectivity index (χ1) is 8.98. The summed E-state index contributed by atoms with van der Waals surface area (Å²) < 4.78 is 1.89. The van der Waals surface area contributed by atoms with Gasteiger partial charge in [-0.2, -0.15) is 5.10 Å². The molecule has 0 bridgehead atoms. The summed E-state index contributed by atoms with van der Waals surface area (Å²) in [7, 11) is 0. The van der Waals surface area contributed by atoms with Gasteiger partial charge in [-0.1, -0.05) is 19.3 Å². The third-order valence-electron chi connectivity index (χ3n) is 3.97. The molecule has 4 heteroatoms. The Kier molecular flexibility index (Phi) is 4.40. The highest BCUT2D eigenvalue weighted by Gasteiger charge is 2.29. The first-order valence-electron chi connectivity index (χ1n) is 7.33. The van der Waals surface area contributed by atoms with Crippen LogP contribution in [0.1, 0.15) is 64.1 Å². The number of rotatable bonds is 5. The molecule has 0 radical (unpaired) electrons. The first kappa shape index (κ1) is 14.3. The lowest BCUT2D eigenvalue weighted by Crippen LogP contribution is -2.43. The van der Waals surface area contributed by atoms with Crippen LogP contribution < -0.4 is 5.73 Å². The van der Waals surface area contributed by atoms with Crippen molar-refractivity contribution in [3.63, 3.8) is 0 Å². The van der Waals surface area contributed by atoms with E-state index in [1.807, 2.05) is 16.9 Å². The van der Waals surface area contributed by atoms with E-state index in [0.717, 1.165) is 31.4 Å². The molecule has 2 N–H and O–H groups in total. The second-order valence-corrected chi connectivity index (χ2v) is 6.20. The van der Waals surface area contributed by atoms with Gasteiger partial charge in [0.15, 0.2) is 0 Å². The highest BCUT2D eigenvalue weighted by atomic mass is 16.1. The van der Waals surface area contributed by atoms with Crippen molar-refractivity contribution in [2.75, 3.05) is 0 Å². The predicted molar refractivity (Wildman–Crippen MR) is 75.9 cm³/mol. The quantitative estimate of drug-likeness (QED) is 0.888. The van der Waals surface area contributed by atoms with Crippen LogP contribution in [0.2, 0.25) is 0 Å². The van der Waals surface area contributed by atoms with Crippen LogP contribution >= 0.6 is 0 Å². The van der Waals surface area contributed by atoms with E-state index in [2.05, 4.69) is 18.9 Å². The number of Topliss-reactive ketones (excluding diaryl/α,β-unsaturated/α-hetero) is 1. The zero-order valence-corrected chi connectivity index (χ0v) is 12.1. The van der Waals surface area contributed by atoms with Crippen LogP contribution in [0.5, 0.6) is 0 Å². The van der Waals surface area contributed by atoms with Crippen molar-refractivity contribution in [2.45, 2.75) is 70.4 Å². The number of hydrogen-bond donors (Lipinski definition) is 1. The number of nitrogens with zero attached hydrogens (tertiary/aromatic N) is 2. The average Bonchev–Trinajstić information content (AvgIpc) is 2.77. The molecule has 1 aliphatic rings. The fourth-order valence-electron chi connectivity index (χ4n) is 2.85. The SMILES string of the molecule is CC(C)n1ccc(CC(=O)CC2(N)CCCCC2)n1. The zero-order chi connectivity index (χ0) is 13.9. The Morgan fingerprint density at radius 3 is 2.68 bits per heavy atom. The van der Waals surface area contributed by atoms with Crippen molar-refractivity contribution in [3.05, 3.63) is 18.0 Å². The third kappa shape index (κ3) is 3.90. The topological polar surface area (TPSA) is 60.9 Å². The van der Waals surface area contributed by atoms with E-state index in [9.17, 15) is 4.79 Å². The lowest BCUT2D eigenvalue weighted by atomic mass is 9.79. The number of nitrogens with two attached hydrogens (primary N) is 1. The molecule has 0 atom stereocenters. The summed E-state index contributed by atoms with van der Waals surface area (Å²) in [6.45, 7) is 4.16. The van der Waals surface area contributed by atoms with E-state index < -0.39 is 0 Å². The summed E-state index contributed by atoms with van der Waals surface area (Å²) in [5.74, 6) is 0.221. The summed E-state index contributed by atoms with van der Waals surface area (Å²) >= 11 is 0. The van der Waals surface area contributed by atoms with E-state index in [0.29, 0.717) is 18.9 Å². The molecule has 0 aromatic carbocycles. The van der Waals surface area contributed by atoms with Gasteiger partial charge in [-0.25, -0.2) is 0 Å². The van der Waals surface area contributed by atoms with Gasteiger partial charge in [0.2, 0.25) is 0 Å². The molecule has 1 saturated carbocycles. The number of hydrogen-bond acceptors (Lipinski definition) is 3. The number of carbonyl (C=O) groups is 1. The van der Waals surface area contributed by atoms with E-state index in [4.69, 9.17) is 5.73 Å². The Balaban J connectivity index is 1.89. The van der Waals surface area contributed by atoms with Gasteiger partial charge in [-0.05, 0) is 32.8 Å². The monoisotopic (exact) mass is 263 g/mol. The van der Waals surface area contributed by atoms with Crippen molar-refractivity contribution in [2.24, 2.45) is 5.73 Å². The smallest absolute Gasteiger partial charge is 0.140 e. The normalized spacial score (nSPS) is 18.7. The molecule has 0 aliphatic heterocycles. The predicted octanol–water partition coefficient (Wildman–Crippen LogP) is 2.63. The summed E-state index contributed by atoms with van der Waals surface area (Å²) in [5, 5.41) is 4.42. The highest BCUT2D eigenvalue weighted by Crippen LogP contribution is 2.29. The van der Waals surface area contributed by atoms with Crippen LogP contribution in [0.15, 0.2) is 12.3 Å².